The van der Waals surface area contributed by atoms with Crippen LogP contribution in [0.3, 0.4) is 0 Å². The molecule has 0 bridgehead atoms. The van der Waals surface area contributed by atoms with Crippen molar-refractivity contribution in [1.82, 2.24) is 0 Å². The molecule has 0 radical (unpaired) electrons. The molecule has 2 unspecified atom stereocenters. The average Bonchev–Trinajstić information content (AvgIpc) is 3.20. The van der Waals surface area contributed by atoms with Gasteiger partial charge in [0, 0.05) is 0 Å². The van der Waals surface area contributed by atoms with Crippen LogP contribution in [0.2, 0.25) is 8.45 Å². The Labute approximate surface area is 148 Å². The molecule has 23 heavy (non-hydrogen) atoms. The van der Waals surface area contributed by atoms with E-state index in [2.05, 4.69) is 35.5 Å². The summed E-state index contributed by atoms with van der Waals surface area (Å²) in [5.74, 6) is 0. The molecule has 0 aromatic carbocycles. The van der Waals surface area contributed by atoms with E-state index in [1.165, 1.54) is 51.4 Å². The average molecular weight is 385 g/mol. The van der Waals surface area contributed by atoms with Gasteiger partial charge in [0.1, 0.15) is 0 Å². The summed E-state index contributed by atoms with van der Waals surface area (Å²) < 4.78 is 2.87. The molecule has 0 amide bonds. The molecule has 4 aliphatic carbocycles. The zero-order valence-corrected chi connectivity index (χ0v) is 17.0. The molecule has 0 saturated heterocycles. The van der Waals surface area contributed by atoms with Gasteiger partial charge in [0.15, 0.2) is 0 Å². The summed E-state index contributed by atoms with van der Waals surface area (Å²) in [4.78, 5) is 0. The minimum absolute atomic E-state index is 0.305. The Morgan fingerprint density at radius 3 is 1.70 bits per heavy atom. The molecule has 0 spiro atoms. The van der Waals surface area contributed by atoms with E-state index in [4.69, 9.17) is 18.6 Å². The Morgan fingerprint density at radius 2 is 1.26 bits per heavy atom. The predicted octanol–water partition coefficient (Wildman–Crippen LogP) is 7.26. The molecule has 0 nitrogen and oxygen atoms in total. The second kappa shape index (κ2) is 5.84. The Kier molecular flexibility index (Phi) is 4.21. The van der Waals surface area contributed by atoms with Crippen molar-refractivity contribution in [2.75, 3.05) is 0 Å². The van der Waals surface area contributed by atoms with Crippen LogP contribution in [-0.2, 0) is 12.7 Å². The number of halogens is 2. The fraction of sp³-hybridized carbons (Fsp3) is 0.550. The molecule has 4 rings (SSSR count). The van der Waals surface area contributed by atoms with E-state index in [-0.39, 0.29) is 0 Å². The molecule has 0 heterocycles. The van der Waals surface area contributed by atoms with Gasteiger partial charge < -0.3 is 0 Å². The zero-order chi connectivity index (χ0) is 16.1. The quantitative estimate of drug-likeness (QED) is 0.439. The minimum atomic E-state index is -3.87. The third kappa shape index (κ3) is 2.48. The van der Waals surface area contributed by atoms with E-state index in [1.807, 2.05) is 0 Å². The van der Waals surface area contributed by atoms with Crippen molar-refractivity contribution >= 4 is 22.9 Å². The van der Waals surface area contributed by atoms with Gasteiger partial charge in [0.25, 0.3) is 0 Å². The molecule has 0 aromatic heterocycles. The fourth-order valence-corrected chi connectivity index (χ4v) is 14.9. The van der Waals surface area contributed by atoms with E-state index in [0.29, 0.717) is 8.45 Å². The van der Waals surface area contributed by atoms with Crippen LogP contribution in [-0.4, -0.2) is 4.31 Å². The number of hydrogen-bond acceptors (Lipinski definition) is 0. The summed E-state index contributed by atoms with van der Waals surface area (Å²) in [6.45, 7) is 2.13. The van der Waals surface area contributed by atoms with Crippen LogP contribution < -0.4 is 0 Å². The zero-order valence-electron chi connectivity index (χ0n) is 14.0. The van der Waals surface area contributed by atoms with E-state index < -0.39 is 12.7 Å². The maximum atomic E-state index is 7.56. The first-order valence-corrected chi connectivity index (χ1v) is 16.2. The van der Waals surface area contributed by atoms with Crippen LogP contribution >= 0.6 is 18.6 Å². The van der Waals surface area contributed by atoms with Crippen LogP contribution in [0, 0.1) is 0 Å². The van der Waals surface area contributed by atoms with Crippen molar-refractivity contribution in [3.8, 4) is 0 Å². The van der Waals surface area contributed by atoms with E-state index in [0.717, 1.165) is 0 Å². The van der Waals surface area contributed by atoms with Crippen molar-refractivity contribution in [2.45, 2.75) is 66.7 Å². The van der Waals surface area contributed by atoms with Crippen LogP contribution in [0.15, 0.2) is 46.6 Å². The SMILES string of the molecule is C[CH]=[Ti]([Cl])([Cl])([CH]1C=CC2=C1CCCC2)[CH]1C=CC2=C1CCCC2. The molecule has 0 fully saturated rings. The van der Waals surface area contributed by atoms with Crippen molar-refractivity contribution in [1.29, 1.82) is 0 Å². The first-order valence-electron chi connectivity index (χ1n) is 9.22. The van der Waals surface area contributed by atoms with Crippen LogP contribution in [0.1, 0.15) is 58.3 Å². The van der Waals surface area contributed by atoms with Gasteiger partial charge in [0.2, 0.25) is 0 Å². The Bertz CT molecular complexity index is 673. The maximum absolute atomic E-state index is 7.56. The van der Waals surface area contributed by atoms with Crippen LogP contribution in [0.5, 0.6) is 0 Å². The predicted molar refractivity (Wildman–Crippen MR) is 100 cm³/mol. The van der Waals surface area contributed by atoms with Gasteiger partial charge in [-0.1, -0.05) is 0 Å². The molecule has 124 valence electrons. The van der Waals surface area contributed by atoms with Crippen molar-refractivity contribution < 1.29 is 12.7 Å². The Morgan fingerprint density at radius 1 is 0.826 bits per heavy atom. The second-order valence-electron chi connectivity index (χ2n) is 7.70. The van der Waals surface area contributed by atoms with E-state index in [1.54, 1.807) is 22.3 Å². The number of rotatable bonds is 2. The Hall–Kier alpha value is 0.124. The molecule has 0 saturated carbocycles. The van der Waals surface area contributed by atoms with Crippen LogP contribution in [0.4, 0.5) is 0 Å². The number of hydrogen-bond donors (Lipinski definition) is 0. The topological polar surface area (TPSA) is 0 Å². The molecule has 0 aliphatic heterocycles. The molecule has 0 N–H and O–H groups in total. The van der Waals surface area contributed by atoms with Gasteiger partial charge in [0.05, 0.1) is 0 Å². The summed E-state index contributed by atoms with van der Waals surface area (Å²) in [6.07, 6.45) is 19.5. The summed E-state index contributed by atoms with van der Waals surface area (Å²) in [5, 5.41) is 0. The van der Waals surface area contributed by atoms with Crippen molar-refractivity contribution in [3.63, 3.8) is 0 Å². The standard InChI is InChI=1S/2C9H11.C2H4.2ClH.Ti/c2*1-2-5-9-7-3-6-8(9)4-1;1-2;;;/h2*3,6-7H,1-2,4-5H2;1H,2H3;2*1H;/q;;;;;+2/p-2. The van der Waals surface area contributed by atoms with Gasteiger partial charge >= 0.3 is 149 Å². The Balaban J connectivity index is 1.81. The van der Waals surface area contributed by atoms with Crippen LogP contribution in [0.25, 0.3) is 0 Å². The van der Waals surface area contributed by atoms with Gasteiger partial charge in [-0.05, 0) is 0 Å². The van der Waals surface area contributed by atoms with Crippen molar-refractivity contribution in [2.24, 2.45) is 0 Å². The summed E-state index contributed by atoms with van der Waals surface area (Å²) >= 11 is -3.87. The third-order valence-electron chi connectivity index (χ3n) is 6.58. The normalized spacial score (nSPS) is 30.8. The van der Waals surface area contributed by atoms with Gasteiger partial charge in [-0.15, -0.1) is 0 Å². The van der Waals surface area contributed by atoms with Crippen molar-refractivity contribution in [3.05, 3.63) is 46.6 Å². The van der Waals surface area contributed by atoms with Gasteiger partial charge in [-0.3, -0.25) is 0 Å². The molecule has 3 heteroatoms. The summed E-state index contributed by atoms with van der Waals surface area (Å²) in [6, 6.07) is 0. The summed E-state index contributed by atoms with van der Waals surface area (Å²) in [7, 11) is 15.1. The summed E-state index contributed by atoms with van der Waals surface area (Å²) in [5.41, 5.74) is 6.24. The fourth-order valence-electron chi connectivity index (χ4n) is 5.24. The van der Waals surface area contributed by atoms with E-state index >= 15 is 0 Å². The number of allylic oxidation sites excluding steroid dienone is 8. The second-order valence-corrected chi connectivity index (χ2v) is 22.1. The monoisotopic (exact) mass is 384 g/mol. The van der Waals surface area contributed by atoms with E-state index in [9.17, 15) is 0 Å². The molecular formula is C20H26Cl2Ti. The molecular weight excluding hydrogens is 359 g/mol. The molecule has 0 aromatic rings. The van der Waals surface area contributed by atoms with Gasteiger partial charge in [-0.25, -0.2) is 0 Å². The molecule has 4 aliphatic rings. The van der Waals surface area contributed by atoms with Gasteiger partial charge in [-0.2, -0.15) is 0 Å². The molecule has 2 atom stereocenters. The first-order chi connectivity index (χ1) is 11.0. The third-order valence-corrected chi connectivity index (χ3v) is 19.4. The first kappa shape index (κ1) is 16.6.